The number of carbonyl (C=O) groups is 1. The third kappa shape index (κ3) is 2.83. The first kappa shape index (κ1) is 13.3. The smallest absolute Gasteiger partial charge is 0.255 e. The summed E-state index contributed by atoms with van der Waals surface area (Å²) in [4.78, 5) is 18.1. The lowest BCUT2D eigenvalue weighted by Gasteiger charge is -2.38. The molecule has 2 heterocycles. The number of amides is 1. The molecule has 1 aromatic heterocycles. The monoisotopic (exact) mass is 266 g/mol. The number of likely N-dealkylation sites (tertiary alicyclic amines) is 1. The zero-order chi connectivity index (χ0) is 13.2. The summed E-state index contributed by atoms with van der Waals surface area (Å²) < 4.78 is 0. The summed E-state index contributed by atoms with van der Waals surface area (Å²) in [5.41, 5.74) is 1.02. The molecule has 0 N–H and O–H groups in total. The van der Waals surface area contributed by atoms with Crippen molar-refractivity contribution in [2.75, 3.05) is 13.1 Å². The molecule has 0 unspecified atom stereocenters. The molecule has 0 aromatic carbocycles. The summed E-state index contributed by atoms with van der Waals surface area (Å²) in [6, 6.07) is 3.40. The molecule has 0 atom stereocenters. The SMILES string of the molecule is CCC1(C)CCN(C(=O)c2ccc(Cl)nc2)CC1. The Morgan fingerprint density at radius 2 is 2.11 bits per heavy atom. The number of aromatic nitrogens is 1. The first-order valence-corrected chi connectivity index (χ1v) is 6.83. The van der Waals surface area contributed by atoms with E-state index in [1.54, 1.807) is 18.3 Å². The molecule has 2 rings (SSSR count). The minimum Gasteiger partial charge on any atom is -0.339 e. The van der Waals surface area contributed by atoms with Crippen molar-refractivity contribution in [2.45, 2.75) is 33.1 Å². The second kappa shape index (κ2) is 5.27. The van der Waals surface area contributed by atoms with Crippen molar-refractivity contribution in [3.63, 3.8) is 0 Å². The van der Waals surface area contributed by atoms with Gasteiger partial charge in [-0.2, -0.15) is 0 Å². The maximum Gasteiger partial charge on any atom is 0.255 e. The Kier molecular flexibility index (Phi) is 3.91. The van der Waals surface area contributed by atoms with Gasteiger partial charge in [-0.25, -0.2) is 4.98 Å². The van der Waals surface area contributed by atoms with E-state index < -0.39 is 0 Å². The van der Waals surface area contributed by atoms with Gasteiger partial charge < -0.3 is 4.90 Å². The van der Waals surface area contributed by atoms with Crippen molar-refractivity contribution in [1.82, 2.24) is 9.88 Å². The summed E-state index contributed by atoms with van der Waals surface area (Å²) in [6.45, 7) is 6.21. The first-order chi connectivity index (χ1) is 8.54. The van der Waals surface area contributed by atoms with Crippen LogP contribution in [0.2, 0.25) is 5.15 Å². The molecule has 4 heteroatoms. The Balaban J connectivity index is 2.01. The van der Waals surface area contributed by atoms with Crippen LogP contribution in [0.15, 0.2) is 18.3 Å². The molecule has 1 amide bonds. The van der Waals surface area contributed by atoms with Crippen LogP contribution in [0.25, 0.3) is 0 Å². The molecule has 1 fully saturated rings. The predicted molar refractivity (Wildman–Crippen MR) is 72.8 cm³/mol. The van der Waals surface area contributed by atoms with E-state index in [-0.39, 0.29) is 5.91 Å². The summed E-state index contributed by atoms with van der Waals surface area (Å²) >= 11 is 5.72. The number of halogens is 1. The highest BCUT2D eigenvalue weighted by atomic mass is 35.5. The second-order valence-corrected chi connectivity index (χ2v) is 5.71. The lowest BCUT2D eigenvalue weighted by atomic mass is 9.78. The number of nitrogens with zero attached hydrogens (tertiary/aromatic N) is 2. The molecular formula is C14H19ClN2O. The number of rotatable bonds is 2. The molecule has 3 nitrogen and oxygen atoms in total. The van der Waals surface area contributed by atoms with E-state index in [9.17, 15) is 4.79 Å². The largest absolute Gasteiger partial charge is 0.339 e. The van der Waals surface area contributed by atoms with Crippen LogP contribution in [-0.2, 0) is 0 Å². The third-order valence-electron chi connectivity index (χ3n) is 4.09. The standard InChI is InChI=1S/C14H19ClN2O/c1-3-14(2)6-8-17(9-7-14)13(18)11-4-5-12(15)16-10-11/h4-5,10H,3,6-9H2,1-2H3. The number of pyridine rings is 1. The fourth-order valence-corrected chi connectivity index (χ4v) is 2.40. The average Bonchev–Trinajstić information content (AvgIpc) is 2.40. The Hall–Kier alpha value is -1.09. The summed E-state index contributed by atoms with van der Waals surface area (Å²) in [5, 5.41) is 0.420. The van der Waals surface area contributed by atoms with Gasteiger partial charge >= 0.3 is 0 Å². The van der Waals surface area contributed by atoms with Gasteiger partial charge in [0.1, 0.15) is 5.15 Å². The molecule has 0 saturated carbocycles. The molecular weight excluding hydrogens is 248 g/mol. The topological polar surface area (TPSA) is 33.2 Å². The number of piperidine rings is 1. The number of hydrogen-bond acceptors (Lipinski definition) is 2. The fraction of sp³-hybridized carbons (Fsp3) is 0.571. The minimum atomic E-state index is 0.0670. The van der Waals surface area contributed by atoms with Gasteiger partial charge in [-0.05, 0) is 30.4 Å². The van der Waals surface area contributed by atoms with E-state index in [0.717, 1.165) is 25.9 Å². The normalized spacial score (nSPS) is 18.7. The Morgan fingerprint density at radius 1 is 1.44 bits per heavy atom. The highest BCUT2D eigenvalue weighted by Crippen LogP contribution is 2.34. The van der Waals surface area contributed by atoms with Gasteiger partial charge in [0.25, 0.3) is 5.91 Å². The van der Waals surface area contributed by atoms with Crippen LogP contribution in [-0.4, -0.2) is 28.9 Å². The predicted octanol–water partition coefficient (Wildman–Crippen LogP) is 3.39. The first-order valence-electron chi connectivity index (χ1n) is 6.45. The van der Waals surface area contributed by atoms with E-state index in [1.165, 1.54) is 6.42 Å². The van der Waals surface area contributed by atoms with E-state index in [0.29, 0.717) is 16.1 Å². The van der Waals surface area contributed by atoms with Crippen molar-refractivity contribution < 1.29 is 4.79 Å². The molecule has 1 aromatic rings. The Labute approximate surface area is 113 Å². The molecule has 18 heavy (non-hydrogen) atoms. The van der Waals surface area contributed by atoms with E-state index >= 15 is 0 Å². The molecule has 98 valence electrons. The lowest BCUT2D eigenvalue weighted by molar-refractivity contribution is 0.0600. The third-order valence-corrected chi connectivity index (χ3v) is 4.31. The summed E-state index contributed by atoms with van der Waals surface area (Å²) in [6.07, 6.45) is 4.89. The second-order valence-electron chi connectivity index (χ2n) is 5.33. The average molecular weight is 267 g/mol. The van der Waals surface area contributed by atoms with Crippen LogP contribution in [0, 0.1) is 5.41 Å². The molecule has 0 bridgehead atoms. The lowest BCUT2D eigenvalue weighted by Crippen LogP contribution is -2.41. The zero-order valence-corrected chi connectivity index (χ0v) is 11.7. The minimum absolute atomic E-state index is 0.0670. The number of hydrogen-bond donors (Lipinski definition) is 0. The Bertz CT molecular complexity index is 422. The summed E-state index contributed by atoms with van der Waals surface area (Å²) in [7, 11) is 0. The zero-order valence-electron chi connectivity index (χ0n) is 10.9. The maximum atomic E-state index is 12.3. The van der Waals surface area contributed by atoms with Crippen LogP contribution in [0.3, 0.4) is 0 Å². The molecule has 1 aliphatic rings. The van der Waals surface area contributed by atoms with Gasteiger partial charge in [-0.15, -0.1) is 0 Å². The summed E-state index contributed by atoms with van der Waals surface area (Å²) in [5.74, 6) is 0.0670. The van der Waals surface area contributed by atoms with Gasteiger partial charge in [0.15, 0.2) is 0 Å². The van der Waals surface area contributed by atoms with Crippen LogP contribution >= 0.6 is 11.6 Å². The van der Waals surface area contributed by atoms with E-state index in [1.807, 2.05) is 4.90 Å². The van der Waals surface area contributed by atoms with Crippen molar-refractivity contribution >= 4 is 17.5 Å². The highest BCUT2D eigenvalue weighted by Gasteiger charge is 2.30. The van der Waals surface area contributed by atoms with Gasteiger partial charge in [0.2, 0.25) is 0 Å². The van der Waals surface area contributed by atoms with Gasteiger partial charge in [-0.1, -0.05) is 31.9 Å². The fourth-order valence-electron chi connectivity index (χ4n) is 2.29. The van der Waals surface area contributed by atoms with Crippen molar-refractivity contribution in [3.05, 3.63) is 29.0 Å². The van der Waals surface area contributed by atoms with E-state index in [4.69, 9.17) is 11.6 Å². The molecule has 1 aliphatic heterocycles. The van der Waals surface area contributed by atoms with Gasteiger partial charge in [-0.3, -0.25) is 4.79 Å². The van der Waals surface area contributed by atoms with Crippen molar-refractivity contribution in [3.8, 4) is 0 Å². The molecule has 0 aliphatic carbocycles. The quantitative estimate of drug-likeness (QED) is 0.769. The van der Waals surface area contributed by atoms with Crippen LogP contribution in [0.1, 0.15) is 43.5 Å². The van der Waals surface area contributed by atoms with Gasteiger partial charge in [0.05, 0.1) is 5.56 Å². The van der Waals surface area contributed by atoms with Crippen molar-refractivity contribution in [1.29, 1.82) is 0 Å². The highest BCUT2D eigenvalue weighted by molar-refractivity contribution is 6.29. The van der Waals surface area contributed by atoms with Crippen LogP contribution in [0.4, 0.5) is 0 Å². The van der Waals surface area contributed by atoms with Crippen LogP contribution < -0.4 is 0 Å². The maximum absolute atomic E-state index is 12.3. The Morgan fingerprint density at radius 3 is 2.61 bits per heavy atom. The van der Waals surface area contributed by atoms with Crippen molar-refractivity contribution in [2.24, 2.45) is 5.41 Å². The van der Waals surface area contributed by atoms with Crippen LogP contribution in [0.5, 0.6) is 0 Å². The number of carbonyl (C=O) groups excluding carboxylic acids is 1. The van der Waals surface area contributed by atoms with E-state index in [2.05, 4.69) is 18.8 Å². The molecule has 1 saturated heterocycles. The molecule has 0 radical (unpaired) electrons. The van der Waals surface area contributed by atoms with Gasteiger partial charge in [0, 0.05) is 19.3 Å². The molecule has 0 spiro atoms.